The minimum atomic E-state index is -0.488. The summed E-state index contributed by atoms with van der Waals surface area (Å²) in [5, 5.41) is 9.66. The molecule has 8 nitrogen and oxygen atoms in total. The normalized spacial score (nSPS) is 17.2. The van der Waals surface area contributed by atoms with Gasteiger partial charge in [-0.3, -0.25) is 9.79 Å². The van der Waals surface area contributed by atoms with E-state index in [1.165, 1.54) is 0 Å². The van der Waals surface area contributed by atoms with Crippen LogP contribution in [0.5, 0.6) is 0 Å². The highest BCUT2D eigenvalue weighted by Crippen LogP contribution is 2.26. The van der Waals surface area contributed by atoms with Gasteiger partial charge in [-0.15, -0.1) is 24.0 Å². The minimum absolute atomic E-state index is 0. The van der Waals surface area contributed by atoms with Gasteiger partial charge in [-0.1, -0.05) is 25.0 Å². The highest BCUT2D eigenvalue weighted by atomic mass is 127. The smallest absolute Gasteiger partial charge is 0.410 e. The Bertz CT molecular complexity index is 812. The van der Waals surface area contributed by atoms with Crippen LogP contribution in [0.4, 0.5) is 10.5 Å². The lowest BCUT2D eigenvalue weighted by molar-refractivity contribution is -0.119. The molecule has 3 rings (SSSR count). The number of benzene rings is 1. The summed E-state index contributed by atoms with van der Waals surface area (Å²) in [6.45, 7) is 7.33. The number of anilines is 1. The molecule has 3 N–H and O–H groups in total. The molecule has 0 radical (unpaired) electrons. The van der Waals surface area contributed by atoms with Crippen LogP contribution >= 0.6 is 24.0 Å². The summed E-state index contributed by atoms with van der Waals surface area (Å²) in [7, 11) is 1.72. The van der Waals surface area contributed by atoms with Crippen molar-refractivity contribution in [2.75, 3.05) is 25.5 Å². The molecule has 1 aliphatic heterocycles. The molecule has 0 bridgehead atoms. The van der Waals surface area contributed by atoms with Gasteiger partial charge < -0.3 is 25.6 Å². The molecule has 0 atom stereocenters. The van der Waals surface area contributed by atoms with Crippen molar-refractivity contribution in [3.05, 3.63) is 29.8 Å². The summed E-state index contributed by atoms with van der Waals surface area (Å²) in [6.07, 6.45) is 3.98. The second-order valence-corrected chi connectivity index (χ2v) is 9.32. The van der Waals surface area contributed by atoms with E-state index in [1.807, 2.05) is 45.0 Å². The fraction of sp³-hybridized carbons (Fsp3) is 0.609. The standard InChI is InChI=1S/C23H35N5O3.HI/c1-23(2,3)31-22(30)28-14-19(15-28)27-21(24-4)25-13-16-8-7-11-18(12-16)26-20(29)17-9-5-6-10-17;/h7-8,11-12,17,19H,5-6,9-10,13-15H2,1-4H3,(H,26,29)(H2,24,25,27);1H. The van der Waals surface area contributed by atoms with E-state index < -0.39 is 5.60 Å². The topological polar surface area (TPSA) is 95.1 Å². The van der Waals surface area contributed by atoms with Gasteiger partial charge in [0.15, 0.2) is 5.96 Å². The fourth-order valence-electron chi connectivity index (χ4n) is 3.81. The number of carbonyl (C=O) groups is 2. The van der Waals surface area contributed by atoms with Gasteiger partial charge in [0, 0.05) is 38.3 Å². The summed E-state index contributed by atoms with van der Waals surface area (Å²) >= 11 is 0. The van der Waals surface area contributed by atoms with Crippen molar-refractivity contribution in [2.24, 2.45) is 10.9 Å². The molecule has 1 aliphatic carbocycles. The van der Waals surface area contributed by atoms with Crippen LogP contribution in [0, 0.1) is 5.92 Å². The Morgan fingerprint density at radius 2 is 1.88 bits per heavy atom. The molecule has 1 aromatic carbocycles. The first-order valence-corrected chi connectivity index (χ1v) is 11.1. The molecule has 32 heavy (non-hydrogen) atoms. The molecule has 178 valence electrons. The number of nitrogens with one attached hydrogen (secondary N) is 3. The maximum atomic E-state index is 12.4. The molecule has 1 saturated heterocycles. The van der Waals surface area contributed by atoms with E-state index in [0.29, 0.717) is 25.6 Å². The summed E-state index contributed by atoms with van der Waals surface area (Å²) in [5.41, 5.74) is 1.39. The van der Waals surface area contributed by atoms with Gasteiger partial charge in [0.05, 0.1) is 6.04 Å². The zero-order valence-electron chi connectivity index (χ0n) is 19.4. The summed E-state index contributed by atoms with van der Waals surface area (Å²) in [4.78, 5) is 30.3. The van der Waals surface area contributed by atoms with Crippen LogP contribution in [0.15, 0.2) is 29.3 Å². The fourth-order valence-corrected chi connectivity index (χ4v) is 3.81. The average Bonchev–Trinajstić information content (AvgIpc) is 3.20. The van der Waals surface area contributed by atoms with Crippen LogP contribution in [0.1, 0.15) is 52.0 Å². The summed E-state index contributed by atoms with van der Waals surface area (Å²) in [5.74, 6) is 0.946. The van der Waals surface area contributed by atoms with Gasteiger partial charge in [0.2, 0.25) is 5.91 Å². The monoisotopic (exact) mass is 557 g/mol. The second kappa shape index (κ2) is 11.7. The molecular weight excluding hydrogens is 521 g/mol. The molecule has 2 fully saturated rings. The minimum Gasteiger partial charge on any atom is -0.444 e. The Labute approximate surface area is 208 Å². The number of hydrogen-bond donors (Lipinski definition) is 3. The maximum Gasteiger partial charge on any atom is 0.410 e. The number of rotatable bonds is 5. The van der Waals surface area contributed by atoms with Crippen molar-refractivity contribution in [1.82, 2.24) is 15.5 Å². The lowest BCUT2D eigenvalue weighted by Gasteiger charge is -2.40. The van der Waals surface area contributed by atoms with E-state index in [0.717, 1.165) is 36.9 Å². The Balaban J connectivity index is 0.00000363. The number of nitrogens with zero attached hydrogens (tertiary/aromatic N) is 2. The largest absolute Gasteiger partial charge is 0.444 e. The Morgan fingerprint density at radius 1 is 1.19 bits per heavy atom. The third-order valence-corrected chi connectivity index (χ3v) is 5.48. The highest BCUT2D eigenvalue weighted by molar-refractivity contribution is 14.0. The molecule has 0 unspecified atom stereocenters. The zero-order chi connectivity index (χ0) is 22.4. The van der Waals surface area contributed by atoms with Crippen molar-refractivity contribution in [2.45, 2.75) is 64.6 Å². The molecule has 1 saturated carbocycles. The third-order valence-electron chi connectivity index (χ3n) is 5.48. The van der Waals surface area contributed by atoms with Crippen LogP contribution in [0.3, 0.4) is 0 Å². The lowest BCUT2D eigenvalue weighted by atomic mass is 10.1. The molecule has 2 amide bonds. The van der Waals surface area contributed by atoms with Crippen LogP contribution in [0.25, 0.3) is 0 Å². The number of likely N-dealkylation sites (tertiary alicyclic amines) is 1. The van der Waals surface area contributed by atoms with Crippen LogP contribution in [-0.2, 0) is 16.1 Å². The Hall–Kier alpha value is -2.04. The number of carbonyl (C=O) groups excluding carboxylic acids is 2. The number of hydrogen-bond acceptors (Lipinski definition) is 4. The van der Waals surface area contributed by atoms with E-state index in [9.17, 15) is 9.59 Å². The van der Waals surface area contributed by atoms with Crippen molar-refractivity contribution >= 4 is 47.6 Å². The molecule has 1 heterocycles. The second-order valence-electron chi connectivity index (χ2n) is 9.32. The highest BCUT2D eigenvalue weighted by Gasteiger charge is 2.34. The SMILES string of the molecule is CN=C(NCc1cccc(NC(=O)C2CCCC2)c1)NC1CN(C(=O)OC(C)(C)C)C1.I. The van der Waals surface area contributed by atoms with Crippen molar-refractivity contribution in [3.8, 4) is 0 Å². The molecular formula is C23H36IN5O3. The van der Waals surface area contributed by atoms with E-state index in [1.54, 1.807) is 11.9 Å². The van der Waals surface area contributed by atoms with Crippen LogP contribution in [0.2, 0.25) is 0 Å². The summed E-state index contributed by atoms with van der Waals surface area (Å²) < 4.78 is 5.38. The molecule has 2 aliphatic rings. The van der Waals surface area contributed by atoms with Gasteiger partial charge in [-0.05, 0) is 51.3 Å². The average molecular weight is 557 g/mol. The van der Waals surface area contributed by atoms with Gasteiger partial charge in [0.1, 0.15) is 5.60 Å². The number of aliphatic imine (C=N–C) groups is 1. The van der Waals surface area contributed by atoms with Crippen molar-refractivity contribution < 1.29 is 14.3 Å². The number of guanidine groups is 1. The van der Waals surface area contributed by atoms with E-state index in [-0.39, 0.29) is 47.9 Å². The van der Waals surface area contributed by atoms with Gasteiger partial charge in [0.25, 0.3) is 0 Å². The first-order valence-electron chi connectivity index (χ1n) is 11.1. The van der Waals surface area contributed by atoms with E-state index in [4.69, 9.17) is 4.74 Å². The first kappa shape index (κ1) is 26.2. The van der Waals surface area contributed by atoms with Gasteiger partial charge in [-0.25, -0.2) is 4.79 Å². The first-order chi connectivity index (χ1) is 14.7. The molecule has 1 aromatic rings. The van der Waals surface area contributed by atoms with E-state index >= 15 is 0 Å². The number of ether oxygens (including phenoxy) is 1. The number of halogens is 1. The van der Waals surface area contributed by atoms with Crippen LogP contribution in [-0.4, -0.2) is 54.6 Å². The third kappa shape index (κ3) is 7.83. The van der Waals surface area contributed by atoms with Crippen molar-refractivity contribution in [1.29, 1.82) is 0 Å². The Morgan fingerprint density at radius 3 is 2.50 bits per heavy atom. The predicted molar refractivity (Wildman–Crippen MR) is 137 cm³/mol. The molecule has 0 spiro atoms. The predicted octanol–water partition coefficient (Wildman–Crippen LogP) is 3.72. The maximum absolute atomic E-state index is 12.4. The number of amides is 2. The Kier molecular flexibility index (Phi) is 9.60. The van der Waals surface area contributed by atoms with Crippen molar-refractivity contribution in [3.63, 3.8) is 0 Å². The van der Waals surface area contributed by atoms with Gasteiger partial charge in [-0.2, -0.15) is 0 Å². The quantitative estimate of drug-likeness (QED) is 0.292. The molecule has 0 aromatic heterocycles. The molecule has 9 heteroatoms. The lowest BCUT2D eigenvalue weighted by Crippen LogP contribution is -2.63. The van der Waals surface area contributed by atoms with Gasteiger partial charge >= 0.3 is 6.09 Å². The van der Waals surface area contributed by atoms with E-state index in [2.05, 4.69) is 20.9 Å². The van der Waals surface area contributed by atoms with Crippen LogP contribution < -0.4 is 16.0 Å². The summed E-state index contributed by atoms with van der Waals surface area (Å²) in [6, 6.07) is 8.00. The zero-order valence-corrected chi connectivity index (χ0v) is 21.8.